The lowest BCUT2D eigenvalue weighted by atomic mass is 9.96. The number of nitrogens with one attached hydrogen (secondary N) is 1. The number of para-hydroxylation sites is 1. The molecule has 2 aromatic heterocycles. The average molecular weight is 329 g/mol. The molecule has 23 heavy (non-hydrogen) atoms. The molecule has 0 unspecified atom stereocenters. The summed E-state index contributed by atoms with van der Waals surface area (Å²) in [5.74, 6) is 0.0621. The van der Waals surface area contributed by atoms with Crippen molar-refractivity contribution >= 4 is 28.2 Å². The number of aromatic nitrogens is 1. The summed E-state index contributed by atoms with van der Waals surface area (Å²) in [6.45, 7) is 2.69. The van der Waals surface area contributed by atoms with Gasteiger partial charge in [-0.25, -0.2) is 4.79 Å². The van der Waals surface area contributed by atoms with Crippen molar-refractivity contribution in [2.24, 2.45) is 0 Å². The van der Waals surface area contributed by atoms with Gasteiger partial charge in [0.25, 0.3) is 0 Å². The molecule has 3 aromatic rings. The molecular weight excluding hydrogens is 308 g/mol. The summed E-state index contributed by atoms with van der Waals surface area (Å²) in [4.78, 5) is 16.3. The van der Waals surface area contributed by atoms with Crippen LogP contribution in [0.1, 0.15) is 23.3 Å². The topological polar surface area (TPSA) is 58.7 Å². The number of H-pyrrole nitrogens is 1. The van der Waals surface area contributed by atoms with Crippen molar-refractivity contribution in [2.45, 2.75) is 18.9 Å². The van der Waals surface area contributed by atoms with E-state index in [0.29, 0.717) is 0 Å². The number of carbonyl (C=O) groups excluding carboxylic acids is 1. The number of carbonyl (C=O) groups is 1. The fraction of sp³-hybridized carbons (Fsp3) is 0.278. The lowest BCUT2D eigenvalue weighted by Gasteiger charge is -2.16. The Balaban J connectivity index is 1.89. The highest BCUT2D eigenvalue weighted by Gasteiger charge is 2.24. The van der Waals surface area contributed by atoms with Crippen LogP contribution in [-0.2, 0) is 9.53 Å². The number of methoxy groups -OCH3 is 1. The molecule has 0 radical (unpaired) electrons. The number of benzene rings is 1. The SMILES string of the molecule is COC(=O)[C@H](C)[NH2+]C[C@H](c1cccs1)c1c[nH]c2ccccc12. The smallest absolute Gasteiger partial charge is 0.364 e. The Labute approximate surface area is 139 Å². The van der Waals surface area contributed by atoms with E-state index in [-0.39, 0.29) is 17.9 Å². The summed E-state index contributed by atoms with van der Waals surface area (Å²) in [5, 5.41) is 5.39. The number of esters is 1. The Kier molecular flexibility index (Phi) is 4.79. The molecule has 0 aliphatic carbocycles. The first-order chi connectivity index (χ1) is 11.2. The Morgan fingerprint density at radius 1 is 1.30 bits per heavy atom. The molecule has 120 valence electrons. The summed E-state index contributed by atoms with van der Waals surface area (Å²) in [5.41, 5.74) is 2.42. The normalized spacial score (nSPS) is 13.8. The summed E-state index contributed by atoms with van der Waals surface area (Å²) in [6, 6.07) is 12.4. The van der Waals surface area contributed by atoms with E-state index in [1.807, 2.05) is 13.0 Å². The Morgan fingerprint density at radius 2 is 2.13 bits per heavy atom. The largest absolute Gasteiger partial charge is 0.465 e. The molecule has 2 heterocycles. The lowest BCUT2D eigenvalue weighted by Crippen LogP contribution is -2.92. The van der Waals surface area contributed by atoms with E-state index in [0.717, 1.165) is 12.1 Å². The molecule has 0 bridgehead atoms. The van der Waals surface area contributed by atoms with Gasteiger partial charge in [-0.3, -0.25) is 0 Å². The van der Waals surface area contributed by atoms with Gasteiger partial charge in [-0.2, -0.15) is 0 Å². The molecular formula is C18H21N2O2S+. The molecule has 5 heteroatoms. The van der Waals surface area contributed by atoms with E-state index in [1.54, 1.807) is 11.3 Å². The Morgan fingerprint density at radius 3 is 2.87 bits per heavy atom. The van der Waals surface area contributed by atoms with Crippen LogP contribution >= 0.6 is 11.3 Å². The number of quaternary nitrogens is 1. The van der Waals surface area contributed by atoms with Gasteiger partial charge in [-0.05, 0) is 30.0 Å². The van der Waals surface area contributed by atoms with E-state index in [1.165, 1.54) is 22.9 Å². The van der Waals surface area contributed by atoms with Gasteiger partial charge in [0, 0.05) is 22.0 Å². The van der Waals surface area contributed by atoms with Crippen molar-refractivity contribution in [1.29, 1.82) is 0 Å². The molecule has 0 aliphatic heterocycles. The van der Waals surface area contributed by atoms with Crippen LogP contribution in [0.3, 0.4) is 0 Å². The highest BCUT2D eigenvalue weighted by molar-refractivity contribution is 7.10. The third-order valence-electron chi connectivity index (χ3n) is 4.18. The van der Waals surface area contributed by atoms with E-state index in [9.17, 15) is 4.79 Å². The molecule has 3 rings (SSSR count). The minimum absolute atomic E-state index is 0.186. The molecule has 4 nitrogen and oxygen atoms in total. The van der Waals surface area contributed by atoms with Crippen LogP contribution in [0.4, 0.5) is 0 Å². The zero-order valence-corrected chi connectivity index (χ0v) is 14.1. The number of rotatable bonds is 6. The lowest BCUT2D eigenvalue weighted by molar-refractivity contribution is -0.676. The number of hydrogen-bond acceptors (Lipinski definition) is 3. The summed E-state index contributed by atoms with van der Waals surface area (Å²) < 4.78 is 4.82. The molecule has 0 amide bonds. The van der Waals surface area contributed by atoms with Gasteiger partial charge >= 0.3 is 5.97 Å². The first kappa shape index (κ1) is 15.8. The fourth-order valence-electron chi connectivity index (χ4n) is 2.89. The van der Waals surface area contributed by atoms with Crippen LogP contribution in [0.25, 0.3) is 10.9 Å². The zero-order chi connectivity index (χ0) is 16.2. The molecule has 2 atom stereocenters. The van der Waals surface area contributed by atoms with Crippen LogP contribution in [0.15, 0.2) is 48.0 Å². The Hall–Kier alpha value is -2.11. The molecule has 0 saturated heterocycles. The van der Waals surface area contributed by atoms with Crippen LogP contribution in [-0.4, -0.2) is 30.6 Å². The van der Waals surface area contributed by atoms with Gasteiger partial charge in [0.05, 0.1) is 19.6 Å². The summed E-state index contributed by atoms with van der Waals surface area (Å²) in [7, 11) is 1.43. The van der Waals surface area contributed by atoms with Crippen molar-refractivity contribution in [2.75, 3.05) is 13.7 Å². The van der Waals surface area contributed by atoms with Crippen molar-refractivity contribution in [1.82, 2.24) is 4.98 Å². The molecule has 3 N–H and O–H groups in total. The quantitative estimate of drug-likeness (QED) is 0.683. The highest BCUT2D eigenvalue weighted by atomic mass is 32.1. The first-order valence-electron chi connectivity index (χ1n) is 7.71. The third-order valence-corrected chi connectivity index (χ3v) is 5.17. The average Bonchev–Trinajstić information content (AvgIpc) is 3.24. The summed E-state index contributed by atoms with van der Waals surface area (Å²) >= 11 is 1.75. The van der Waals surface area contributed by atoms with Crippen LogP contribution in [0.5, 0.6) is 0 Å². The van der Waals surface area contributed by atoms with E-state index >= 15 is 0 Å². The predicted octanol–water partition coefficient (Wildman–Crippen LogP) is 2.49. The van der Waals surface area contributed by atoms with Crippen molar-refractivity contribution in [3.63, 3.8) is 0 Å². The van der Waals surface area contributed by atoms with Crippen molar-refractivity contribution in [3.05, 3.63) is 58.4 Å². The van der Waals surface area contributed by atoms with Gasteiger partial charge in [-0.1, -0.05) is 24.3 Å². The van der Waals surface area contributed by atoms with Crippen molar-refractivity contribution in [3.8, 4) is 0 Å². The second kappa shape index (κ2) is 6.98. The number of ether oxygens (including phenoxy) is 1. The van der Waals surface area contributed by atoms with E-state index in [4.69, 9.17) is 4.74 Å². The van der Waals surface area contributed by atoms with Gasteiger partial charge in [0.15, 0.2) is 6.04 Å². The number of hydrogen-bond donors (Lipinski definition) is 2. The maximum atomic E-state index is 11.7. The predicted molar refractivity (Wildman–Crippen MR) is 92.7 cm³/mol. The van der Waals surface area contributed by atoms with E-state index < -0.39 is 0 Å². The van der Waals surface area contributed by atoms with Gasteiger partial charge < -0.3 is 15.0 Å². The second-order valence-electron chi connectivity index (χ2n) is 5.64. The number of thiophene rings is 1. The second-order valence-corrected chi connectivity index (χ2v) is 6.62. The monoisotopic (exact) mass is 329 g/mol. The van der Waals surface area contributed by atoms with Gasteiger partial charge in [-0.15, -0.1) is 11.3 Å². The van der Waals surface area contributed by atoms with Crippen LogP contribution < -0.4 is 5.32 Å². The molecule has 0 fully saturated rings. The zero-order valence-electron chi connectivity index (χ0n) is 13.3. The molecule has 0 aliphatic rings. The standard InChI is InChI=1S/C18H20N2O2S/c1-12(18(21)22-2)19-11-15(17-8-5-9-23-17)14-10-20-16-7-4-3-6-13(14)16/h3-10,12,15,19-20H,11H2,1-2H3/p+1/t12-,15-/m0/s1. The van der Waals surface area contributed by atoms with E-state index in [2.05, 4.69) is 52.2 Å². The minimum atomic E-state index is -0.201. The minimum Gasteiger partial charge on any atom is -0.465 e. The number of aromatic amines is 1. The maximum absolute atomic E-state index is 11.7. The maximum Gasteiger partial charge on any atom is 0.364 e. The highest BCUT2D eigenvalue weighted by Crippen LogP contribution is 2.32. The van der Waals surface area contributed by atoms with Crippen molar-refractivity contribution < 1.29 is 14.8 Å². The van der Waals surface area contributed by atoms with Crippen LogP contribution in [0.2, 0.25) is 0 Å². The summed E-state index contributed by atoms with van der Waals surface area (Å²) in [6.07, 6.45) is 2.09. The van der Waals surface area contributed by atoms with Gasteiger partial charge in [0.1, 0.15) is 0 Å². The Bertz CT molecular complexity index is 779. The number of fused-ring (bicyclic) bond motifs is 1. The first-order valence-corrected chi connectivity index (χ1v) is 8.59. The molecule has 0 spiro atoms. The fourth-order valence-corrected chi connectivity index (χ4v) is 3.75. The molecule has 0 saturated carbocycles. The van der Waals surface area contributed by atoms with Gasteiger partial charge in [0.2, 0.25) is 0 Å². The molecule has 1 aromatic carbocycles. The van der Waals surface area contributed by atoms with Crippen LogP contribution in [0, 0.1) is 0 Å². The number of nitrogens with two attached hydrogens (primary N) is 1. The third kappa shape index (κ3) is 3.30.